The summed E-state index contributed by atoms with van der Waals surface area (Å²) in [7, 11) is 1.97. The van der Waals surface area contributed by atoms with Crippen LogP contribution in [0.25, 0.3) is 0 Å². The summed E-state index contributed by atoms with van der Waals surface area (Å²) in [6.45, 7) is 6.23. The molecule has 0 aliphatic carbocycles. The van der Waals surface area contributed by atoms with Crippen molar-refractivity contribution in [1.82, 2.24) is 15.2 Å². The second kappa shape index (κ2) is 9.37. The van der Waals surface area contributed by atoms with Gasteiger partial charge in [-0.25, -0.2) is 9.37 Å². The lowest BCUT2D eigenvalue weighted by Gasteiger charge is -2.22. The Hall–Kier alpha value is -1.95. The number of aliphatic imine (C=N–C) groups is 1. The van der Waals surface area contributed by atoms with E-state index in [9.17, 15) is 4.39 Å². The molecule has 1 aromatic heterocycles. The number of nitrogens with one attached hydrogen (secondary N) is 1. The number of hydrogen-bond donors (Lipinski definition) is 1. The van der Waals surface area contributed by atoms with E-state index in [-0.39, 0.29) is 5.82 Å². The summed E-state index contributed by atoms with van der Waals surface area (Å²) in [4.78, 5) is 11.2. The molecule has 1 heterocycles. The molecule has 130 valence electrons. The number of benzene rings is 1. The zero-order valence-corrected chi connectivity index (χ0v) is 15.4. The average molecular weight is 348 g/mol. The van der Waals surface area contributed by atoms with E-state index in [4.69, 9.17) is 0 Å². The maximum atomic E-state index is 13.3. The summed E-state index contributed by atoms with van der Waals surface area (Å²) in [5.74, 6) is 0.638. The van der Waals surface area contributed by atoms with Gasteiger partial charge < -0.3 is 10.2 Å². The first-order valence-electron chi connectivity index (χ1n) is 8.23. The van der Waals surface area contributed by atoms with Crippen LogP contribution >= 0.6 is 11.3 Å². The van der Waals surface area contributed by atoms with Gasteiger partial charge in [-0.3, -0.25) is 4.99 Å². The third-order valence-electron chi connectivity index (χ3n) is 3.48. The summed E-state index contributed by atoms with van der Waals surface area (Å²) in [6, 6.07) is 6.68. The van der Waals surface area contributed by atoms with Gasteiger partial charge in [0.15, 0.2) is 5.96 Å². The van der Waals surface area contributed by atoms with Gasteiger partial charge >= 0.3 is 0 Å². The normalized spacial score (nSPS) is 11.6. The van der Waals surface area contributed by atoms with Crippen molar-refractivity contribution >= 4 is 17.3 Å². The second-order valence-electron chi connectivity index (χ2n) is 5.71. The molecule has 0 aliphatic heterocycles. The summed E-state index contributed by atoms with van der Waals surface area (Å²) in [6.07, 6.45) is 1.92. The van der Waals surface area contributed by atoms with Crippen LogP contribution in [0.4, 0.5) is 4.39 Å². The van der Waals surface area contributed by atoms with Gasteiger partial charge in [-0.2, -0.15) is 0 Å². The number of aryl methyl sites for hydroxylation is 2. The summed E-state index contributed by atoms with van der Waals surface area (Å²) >= 11 is 1.71. The fourth-order valence-corrected chi connectivity index (χ4v) is 3.20. The van der Waals surface area contributed by atoms with Crippen molar-refractivity contribution < 1.29 is 4.39 Å². The number of hydrogen-bond acceptors (Lipinski definition) is 3. The first-order chi connectivity index (χ1) is 11.6. The molecule has 0 fully saturated rings. The van der Waals surface area contributed by atoms with Gasteiger partial charge in [0.25, 0.3) is 0 Å². The Morgan fingerprint density at radius 2 is 2.25 bits per heavy atom. The van der Waals surface area contributed by atoms with Gasteiger partial charge in [-0.15, -0.1) is 11.3 Å². The van der Waals surface area contributed by atoms with E-state index in [1.165, 1.54) is 11.1 Å². The van der Waals surface area contributed by atoms with Crippen LogP contribution in [0.3, 0.4) is 0 Å². The second-order valence-corrected chi connectivity index (χ2v) is 6.65. The minimum absolute atomic E-state index is 0.207. The smallest absolute Gasteiger partial charge is 0.193 e. The van der Waals surface area contributed by atoms with E-state index in [1.807, 2.05) is 31.9 Å². The Bertz CT molecular complexity index is 669. The third-order valence-corrected chi connectivity index (χ3v) is 4.51. The van der Waals surface area contributed by atoms with Crippen molar-refractivity contribution in [2.75, 3.05) is 20.1 Å². The first-order valence-corrected chi connectivity index (χ1v) is 9.11. The summed E-state index contributed by atoms with van der Waals surface area (Å²) in [5.41, 5.74) is 2.02. The molecule has 0 atom stereocenters. The third kappa shape index (κ3) is 5.92. The molecule has 2 rings (SSSR count). The van der Waals surface area contributed by atoms with Crippen molar-refractivity contribution in [2.24, 2.45) is 4.99 Å². The van der Waals surface area contributed by atoms with Crippen LogP contribution in [0.5, 0.6) is 0 Å². The van der Waals surface area contributed by atoms with Crippen molar-refractivity contribution in [3.63, 3.8) is 0 Å². The minimum Gasteiger partial charge on any atom is -0.357 e. The number of halogens is 1. The predicted octanol–water partition coefficient (Wildman–Crippen LogP) is 3.62. The van der Waals surface area contributed by atoms with E-state index < -0.39 is 0 Å². The number of rotatable bonds is 7. The van der Waals surface area contributed by atoms with Gasteiger partial charge in [0.2, 0.25) is 0 Å². The largest absolute Gasteiger partial charge is 0.357 e. The van der Waals surface area contributed by atoms with Crippen LogP contribution in [0.2, 0.25) is 0 Å². The molecule has 0 spiro atoms. The van der Waals surface area contributed by atoms with Crippen LogP contribution in [0.1, 0.15) is 29.6 Å². The van der Waals surface area contributed by atoms with Gasteiger partial charge in [0.05, 0.1) is 5.01 Å². The van der Waals surface area contributed by atoms with E-state index in [1.54, 1.807) is 23.5 Å². The topological polar surface area (TPSA) is 40.5 Å². The minimum atomic E-state index is -0.207. The Morgan fingerprint density at radius 1 is 1.42 bits per heavy atom. The molecule has 0 saturated heterocycles. The van der Waals surface area contributed by atoms with Crippen LogP contribution < -0.4 is 5.32 Å². The Balaban J connectivity index is 1.88. The van der Waals surface area contributed by atoms with E-state index in [2.05, 4.69) is 20.7 Å². The van der Waals surface area contributed by atoms with Crippen molar-refractivity contribution in [1.29, 1.82) is 0 Å². The molecule has 0 radical (unpaired) electrons. The fourth-order valence-electron chi connectivity index (χ4n) is 2.39. The lowest BCUT2D eigenvalue weighted by Crippen LogP contribution is -2.38. The van der Waals surface area contributed by atoms with E-state index in [0.717, 1.165) is 43.1 Å². The number of nitrogens with zero attached hydrogens (tertiary/aromatic N) is 3. The van der Waals surface area contributed by atoms with Gasteiger partial charge in [-0.05, 0) is 38.0 Å². The van der Waals surface area contributed by atoms with Gasteiger partial charge in [0, 0.05) is 44.2 Å². The SMILES string of the molecule is CCNC(=NCCCc1nc(C)cs1)N(C)Cc1cccc(F)c1. The van der Waals surface area contributed by atoms with Crippen molar-refractivity contribution in [3.05, 3.63) is 51.7 Å². The van der Waals surface area contributed by atoms with Crippen LogP contribution in [0, 0.1) is 12.7 Å². The van der Waals surface area contributed by atoms with Crippen molar-refractivity contribution in [3.8, 4) is 0 Å². The lowest BCUT2D eigenvalue weighted by atomic mass is 10.2. The van der Waals surface area contributed by atoms with Crippen LogP contribution in [-0.2, 0) is 13.0 Å². The Labute approximate surface area is 147 Å². The Kier molecular flexibility index (Phi) is 7.18. The molecule has 0 saturated carbocycles. The molecule has 1 aromatic carbocycles. The molecule has 0 aliphatic rings. The van der Waals surface area contributed by atoms with Crippen LogP contribution in [-0.4, -0.2) is 36.0 Å². The number of aromatic nitrogens is 1. The molecule has 0 unspecified atom stereocenters. The Morgan fingerprint density at radius 3 is 2.92 bits per heavy atom. The molecule has 6 heteroatoms. The van der Waals surface area contributed by atoms with Crippen LogP contribution in [0.15, 0.2) is 34.6 Å². The monoisotopic (exact) mass is 348 g/mol. The standard InChI is InChI=1S/C18H25FN4S/c1-4-20-18(21-10-6-9-17-22-14(2)13-24-17)23(3)12-15-7-5-8-16(19)11-15/h5,7-8,11,13H,4,6,9-10,12H2,1-3H3,(H,20,21). The molecular formula is C18H25FN4S. The molecule has 0 bridgehead atoms. The lowest BCUT2D eigenvalue weighted by molar-refractivity contribution is 0.474. The highest BCUT2D eigenvalue weighted by Crippen LogP contribution is 2.11. The molecule has 0 amide bonds. The first kappa shape index (κ1) is 18.4. The molecule has 24 heavy (non-hydrogen) atoms. The molecular weight excluding hydrogens is 323 g/mol. The van der Waals surface area contributed by atoms with Gasteiger partial charge in [-0.1, -0.05) is 12.1 Å². The zero-order chi connectivity index (χ0) is 17.4. The number of thiazole rings is 1. The maximum absolute atomic E-state index is 13.3. The molecule has 2 aromatic rings. The highest BCUT2D eigenvalue weighted by atomic mass is 32.1. The van der Waals surface area contributed by atoms with E-state index in [0.29, 0.717) is 6.54 Å². The molecule has 1 N–H and O–H groups in total. The highest BCUT2D eigenvalue weighted by Gasteiger charge is 2.07. The summed E-state index contributed by atoms with van der Waals surface area (Å²) in [5, 5.41) is 6.54. The van der Waals surface area contributed by atoms with E-state index >= 15 is 0 Å². The van der Waals surface area contributed by atoms with Crippen molar-refractivity contribution in [2.45, 2.75) is 33.2 Å². The average Bonchev–Trinajstić information content (AvgIpc) is 2.95. The maximum Gasteiger partial charge on any atom is 0.193 e. The molecule has 4 nitrogen and oxygen atoms in total. The van der Waals surface area contributed by atoms with Gasteiger partial charge in [0.1, 0.15) is 5.82 Å². The quantitative estimate of drug-likeness (QED) is 0.472. The zero-order valence-electron chi connectivity index (χ0n) is 14.6. The highest BCUT2D eigenvalue weighted by molar-refractivity contribution is 7.09. The summed E-state index contributed by atoms with van der Waals surface area (Å²) < 4.78 is 13.3. The number of guanidine groups is 1. The fraction of sp³-hybridized carbons (Fsp3) is 0.444. The predicted molar refractivity (Wildman–Crippen MR) is 99.0 cm³/mol.